The van der Waals surface area contributed by atoms with Crippen molar-refractivity contribution in [2.75, 3.05) is 6.54 Å². The standard InChI is InChI=1S/C20H16Cl2N2O2S/c1-2-8-23-19(25)18-12-27-20(24-18)14-4-3-5-15(10-14)26-11-13-6-7-16(21)17(22)9-13/h2-7,9-10,12H,1,8,11H2,(H,23,25). The van der Waals surface area contributed by atoms with Crippen molar-refractivity contribution in [2.45, 2.75) is 6.61 Å². The van der Waals surface area contributed by atoms with Gasteiger partial charge in [-0.15, -0.1) is 17.9 Å². The lowest BCUT2D eigenvalue weighted by Crippen LogP contribution is -2.23. The van der Waals surface area contributed by atoms with E-state index in [9.17, 15) is 4.79 Å². The lowest BCUT2D eigenvalue weighted by molar-refractivity contribution is 0.0954. The van der Waals surface area contributed by atoms with Crippen LogP contribution >= 0.6 is 34.5 Å². The minimum atomic E-state index is -0.218. The summed E-state index contributed by atoms with van der Waals surface area (Å²) in [5.41, 5.74) is 2.19. The van der Waals surface area contributed by atoms with E-state index in [1.807, 2.05) is 30.3 Å². The van der Waals surface area contributed by atoms with Gasteiger partial charge in [-0.3, -0.25) is 4.79 Å². The molecule has 0 atom stereocenters. The summed E-state index contributed by atoms with van der Waals surface area (Å²) in [4.78, 5) is 16.4. The summed E-state index contributed by atoms with van der Waals surface area (Å²) in [7, 11) is 0. The second kappa shape index (κ2) is 9.04. The van der Waals surface area contributed by atoms with Gasteiger partial charge in [-0.25, -0.2) is 4.98 Å². The monoisotopic (exact) mass is 418 g/mol. The third-order valence-electron chi connectivity index (χ3n) is 3.61. The third kappa shape index (κ3) is 5.10. The molecule has 0 saturated carbocycles. The maximum absolute atomic E-state index is 12.0. The van der Waals surface area contributed by atoms with Gasteiger partial charge in [0.1, 0.15) is 23.1 Å². The number of rotatable bonds is 7. The molecule has 2 aromatic carbocycles. The Balaban J connectivity index is 1.70. The number of nitrogens with zero attached hydrogens (tertiary/aromatic N) is 1. The first-order valence-corrected chi connectivity index (χ1v) is 9.72. The number of halogens is 2. The number of carbonyl (C=O) groups is 1. The molecule has 0 radical (unpaired) electrons. The molecule has 3 rings (SSSR count). The molecule has 3 aromatic rings. The molecule has 1 heterocycles. The molecule has 1 aromatic heterocycles. The number of aromatic nitrogens is 1. The van der Waals surface area contributed by atoms with Gasteiger partial charge in [-0.2, -0.15) is 0 Å². The Hall–Kier alpha value is -2.34. The highest BCUT2D eigenvalue weighted by atomic mass is 35.5. The van der Waals surface area contributed by atoms with Gasteiger partial charge in [-0.1, -0.05) is 47.5 Å². The van der Waals surface area contributed by atoms with E-state index in [-0.39, 0.29) is 5.91 Å². The van der Waals surface area contributed by atoms with Crippen LogP contribution in [0.3, 0.4) is 0 Å². The van der Waals surface area contributed by atoms with E-state index in [0.717, 1.165) is 16.1 Å². The van der Waals surface area contributed by atoms with Crippen molar-refractivity contribution in [2.24, 2.45) is 0 Å². The Bertz CT molecular complexity index is 972. The first-order chi connectivity index (χ1) is 13.1. The minimum absolute atomic E-state index is 0.218. The number of carbonyl (C=O) groups excluding carboxylic acids is 1. The average Bonchev–Trinajstić information content (AvgIpc) is 3.18. The highest BCUT2D eigenvalue weighted by molar-refractivity contribution is 7.13. The Morgan fingerprint density at radius 2 is 2.07 bits per heavy atom. The van der Waals surface area contributed by atoms with Crippen LogP contribution in [-0.2, 0) is 6.61 Å². The van der Waals surface area contributed by atoms with Gasteiger partial charge < -0.3 is 10.1 Å². The van der Waals surface area contributed by atoms with E-state index < -0.39 is 0 Å². The molecule has 1 N–H and O–H groups in total. The molecule has 0 aliphatic carbocycles. The number of thiazole rings is 1. The fourth-order valence-electron chi connectivity index (χ4n) is 2.28. The zero-order valence-corrected chi connectivity index (χ0v) is 16.6. The fraction of sp³-hybridized carbons (Fsp3) is 0.100. The zero-order valence-electron chi connectivity index (χ0n) is 14.2. The smallest absolute Gasteiger partial charge is 0.271 e. The summed E-state index contributed by atoms with van der Waals surface area (Å²) < 4.78 is 5.84. The Kier molecular flexibility index (Phi) is 6.50. The second-order valence-corrected chi connectivity index (χ2v) is 7.27. The molecular formula is C20H16Cl2N2O2S. The highest BCUT2D eigenvalue weighted by Gasteiger charge is 2.11. The van der Waals surface area contributed by atoms with Crippen LogP contribution in [-0.4, -0.2) is 17.4 Å². The normalized spacial score (nSPS) is 10.4. The van der Waals surface area contributed by atoms with Crippen LogP contribution < -0.4 is 10.1 Å². The SMILES string of the molecule is C=CCNC(=O)c1csc(-c2cccc(OCc3ccc(Cl)c(Cl)c3)c2)n1. The van der Waals surface area contributed by atoms with Crippen molar-refractivity contribution in [3.8, 4) is 16.3 Å². The van der Waals surface area contributed by atoms with E-state index in [0.29, 0.717) is 34.6 Å². The van der Waals surface area contributed by atoms with Gasteiger partial charge in [0, 0.05) is 17.5 Å². The molecule has 0 unspecified atom stereocenters. The van der Waals surface area contributed by atoms with Crippen molar-refractivity contribution in [3.63, 3.8) is 0 Å². The van der Waals surface area contributed by atoms with E-state index in [2.05, 4.69) is 16.9 Å². The number of nitrogens with one attached hydrogen (secondary N) is 1. The number of benzene rings is 2. The van der Waals surface area contributed by atoms with E-state index in [4.69, 9.17) is 27.9 Å². The Labute approximate surface area is 171 Å². The van der Waals surface area contributed by atoms with Crippen LogP contribution in [0.4, 0.5) is 0 Å². The van der Waals surface area contributed by atoms with Crippen LogP contribution in [0, 0.1) is 0 Å². The van der Waals surface area contributed by atoms with Gasteiger partial charge in [0.15, 0.2) is 0 Å². The van der Waals surface area contributed by atoms with Crippen LogP contribution in [0.1, 0.15) is 16.1 Å². The molecule has 0 fully saturated rings. The largest absolute Gasteiger partial charge is 0.489 e. The highest BCUT2D eigenvalue weighted by Crippen LogP contribution is 2.28. The first-order valence-electron chi connectivity index (χ1n) is 8.08. The van der Waals surface area contributed by atoms with Gasteiger partial charge in [0.25, 0.3) is 5.91 Å². The lowest BCUT2D eigenvalue weighted by atomic mass is 10.2. The predicted molar refractivity (Wildman–Crippen MR) is 111 cm³/mol. The molecule has 0 bridgehead atoms. The van der Waals surface area contributed by atoms with Crippen molar-refractivity contribution >= 4 is 40.4 Å². The second-order valence-electron chi connectivity index (χ2n) is 5.60. The number of hydrogen-bond donors (Lipinski definition) is 1. The fourth-order valence-corrected chi connectivity index (χ4v) is 3.40. The molecule has 1 amide bonds. The molecule has 7 heteroatoms. The van der Waals surface area contributed by atoms with Gasteiger partial charge >= 0.3 is 0 Å². The van der Waals surface area contributed by atoms with Crippen molar-refractivity contribution < 1.29 is 9.53 Å². The zero-order chi connectivity index (χ0) is 19.2. The van der Waals surface area contributed by atoms with Crippen molar-refractivity contribution in [3.05, 3.63) is 81.8 Å². The maximum Gasteiger partial charge on any atom is 0.271 e. The van der Waals surface area contributed by atoms with E-state index in [1.165, 1.54) is 11.3 Å². The number of amides is 1. The lowest BCUT2D eigenvalue weighted by Gasteiger charge is -2.08. The van der Waals surface area contributed by atoms with E-state index >= 15 is 0 Å². The molecule has 0 aliphatic heterocycles. The van der Waals surface area contributed by atoms with Crippen LogP contribution in [0.2, 0.25) is 10.0 Å². The molecule has 4 nitrogen and oxygen atoms in total. The van der Waals surface area contributed by atoms with Gasteiger partial charge in [0.05, 0.1) is 10.0 Å². The maximum atomic E-state index is 12.0. The van der Waals surface area contributed by atoms with Crippen LogP contribution in [0.5, 0.6) is 5.75 Å². The van der Waals surface area contributed by atoms with E-state index in [1.54, 1.807) is 23.6 Å². The Morgan fingerprint density at radius 1 is 1.22 bits per heavy atom. The first kappa shape index (κ1) is 19.4. The molecule has 0 spiro atoms. The number of ether oxygens (including phenoxy) is 1. The third-order valence-corrected chi connectivity index (χ3v) is 5.24. The summed E-state index contributed by atoms with van der Waals surface area (Å²) in [5.74, 6) is 0.482. The average molecular weight is 419 g/mol. The summed E-state index contributed by atoms with van der Waals surface area (Å²) >= 11 is 13.4. The van der Waals surface area contributed by atoms with Crippen LogP contribution in [0.25, 0.3) is 10.6 Å². The molecule has 0 saturated heterocycles. The van der Waals surface area contributed by atoms with Gasteiger partial charge in [-0.05, 0) is 29.8 Å². The minimum Gasteiger partial charge on any atom is -0.489 e. The van der Waals surface area contributed by atoms with Crippen LogP contribution in [0.15, 0.2) is 60.5 Å². The summed E-state index contributed by atoms with van der Waals surface area (Å²) in [5, 5.41) is 6.21. The molecule has 0 aliphatic rings. The quantitative estimate of drug-likeness (QED) is 0.507. The topological polar surface area (TPSA) is 51.2 Å². The van der Waals surface area contributed by atoms with Gasteiger partial charge in [0.2, 0.25) is 0 Å². The Morgan fingerprint density at radius 3 is 2.85 bits per heavy atom. The summed E-state index contributed by atoms with van der Waals surface area (Å²) in [6.45, 7) is 4.35. The van der Waals surface area contributed by atoms with Crippen molar-refractivity contribution in [1.29, 1.82) is 0 Å². The summed E-state index contributed by atoms with van der Waals surface area (Å²) in [6, 6.07) is 13.0. The molecule has 27 heavy (non-hydrogen) atoms. The molecule has 138 valence electrons. The number of hydrogen-bond acceptors (Lipinski definition) is 4. The van der Waals surface area contributed by atoms with Crippen molar-refractivity contribution in [1.82, 2.24) is 10.3 Å². The summed E-state index contributed by atoms with van der Waals surface area (Å²) in [6.07, 6.45) is 1.62. The predicted octanol–water partition coefficient (Wildman–Crippen LogP) is 5.61. The molecular weight excluding hydrogens is 403 g/mol.